The van der Waals surface area contributed by atoms with Crippen molar-refractivity contribution in [2.75, 3.05) is 39.8 Å². The summed E-state index contributed by atoms with van der Waals surface area (Å²) >= 11 is 0. The smallest absolute Gasteiger partial charge is 0.118 e. The van der Waals surface area contributed by atoms with Crippen molar-refractivity contribution in [2.45, 2.75) is 26.9 Å². The van der Waals surface area contributed by atoms with Crippen LogP contribution in [0.3, 0.4) is 0 Å². The first kappa shape index (κ1) is 13.6. The van der Waals surface area contributed by atoms with Crippen molar-refractivity contribution in [2.24, 2.45) is 0 Å². The van der Waals surface area contributed by atoms with E-state index >= 15 is 0 Å². The van der Waals surface area contributed by atoms with E-state index in [2.05, 4.69) is 42.1 Å². The number of hydrogen-bond acceptors (Lipinski definition) is 4. The molecule has 1 aromatic rings. The normalized spacial score (nSPS) is 18.4. The molecule has 1 aromatic heterocycles. The third-order valence-electron chi connectivity index (χ3n) is 3.61. The Hall–Kier alpha value is -0.840. The fraction of sp³-hybridized carbons (Fsp3) is 0.714. The zero-order valence-corrected chi connectivity index (χ0v) is 11.8. The lowest BCUT2D eigenvalue weighted by Crippen LogP contribution is -2.43. The van der Waals surface area contributed by atoms with Crippen molar-refractivity contribution < 1.29 is 4.42 Å². The topological polar surface area (TPSA) is 31.6 Å². The molecular formula is C14H25N3O. The molecule has 4 nitrogen and oxygen atoms in total. The van der Waals surface area contributed by atoms with Crippen LogP contribution in [-0.2, 0) is 13.1 Å². The van der Waals surface area contributed by atoms with E-state index < -0.39 is 0 Å². The highest BCUT2D eigenvalue weighted by Crippen LogP contribution is 2.17. The molecule has 102 valence electrons. The molecule has 1 saturated heterocycles. The van der Waals surface area contributed by atoms with Crippen LogP contribution in [0.1, 0.15) is 24.0 Å². The average molecular weight is 251 g/mol. The van der Waals surface area contributed by atoms with Crippen LogP contribution in [0.5, 0.6) is 0 Å². The maximum absolute atomic E-state index is 5.85. The number of nitrogens with zero attached hydrogens (tertiary/aromatic N) is 2. The van der Waals surface area contributed by atoms with Crippen LogP contribution in [0.15, 0.2) is 10.5 Å². The number of hydrogen-bond donors (Lipinski definition) is 1. The van der Waals surface area contributed by atoms with Gasteiger partial charge in [0.25, 0.3) is 0 Å². The quantitative estimate of drug-likeness (QED) is 0.858. The van der Waals surface area contributed by atoms with E-state index in [9.17, 15) is 0 Å². The summed E-state index contributed by atoms with van der Waals surface area (Å²) in [6.45, 7) is 11.6. The molecule has 0 saturated carbocycles. The van der Waals surface area contributed by atoms with E-state index in [1.807, 2.05) is 0 Å². The molecule has 1 aliphatic rings. The molecule has 18 heavy (non-hydrogen) atoms. The van der Waals surface area contributed by atoms with Crippen molar-refractivity contribution in [3.05, 3.63) is 23.2 Å². The van der Waals surface area contributed by atoms with Crippen LogP contribution in [0.4, 0.5) is 0 Å². The van der Waals surface area contributed by atoms with Crippen LogP contribution in [0, 0.1) is 6.92 Å². The van der Waals surface area contributed by atoms with E-state index in [1.54, 1.807) is 0 Å². The highest BCUT2D eigenvalue weighted by molar-refractivity contribution is 5.20. The van der Waals surface area contributed by atoms with Gasteiger partial charge in [-0.05, 0) is 26.6 Å². The molecule has 1 N–H and O–H groups in total. The Kier molecular flexibility index (Phi) is 4.80. The molecule has 0 radical (unpaired) electrons. The first-order valence-corrected chi connectivity index (χ1v) is 6.89. The summed E-state index contributed by atoms with van der Waals surface area (Å²) in [5.41, 5.74) is 1.29. The third kappa shape index (κ3) is 3.57. The predicted octanol–water partition coefficient (Wildman–Crippen LogP) is 1.44. The van der Waals surface area contributed by atoms with E-state index in [1.165, 1.54) is 5.56 Å². The zero-order valence-electron chi connectivity index (χ0n) is 11.8. The van der Waals surface area contributed by atoms with E-state index in [4.69, 9.17) is 4.42 Å². The molecule has 0 bridgehead atoms. The molecule has 0 aliphatic carbocycles. The summed E-state index contributed by atoms with van der Waals surface area (Å²) in [7, 11) is 2.18. The van der Waals surface area contributed by atoms with Gasteiger partial charge in [-0.15, -0.1) is 0 Å². The maximum atomic E-state index is 5.85. The molecule has 2 heterocycles. The van der Waals surface area contributed by atoms with Crippen LogP contribution in [0.2, 0.25) is 0 Å². The maximum Gasteiger partial charge on any atom is 0.118 e. The lowest BCUT2D eigenvalue weighted by atomic mass is 10.2. The van der Waals surface area contributed by atoms with Gasteiger partial charge in [0.1, 0.15) is 11.5 Å². The summed E-state index contributed by atoms with van der Waals surface area (Å²) in [5.74, 6) is 2.16. The van der Waals surface area contributed by atoms with Gasteiger partial charge in [-0.1, -0.05) is 6.92 Å². The fourth-order valence-corrected chi connectivity index (χ4v) is 2.33. The number of rotatable bonds is 5. The van der Waals surface area contributed by atoms with E-state index in [0.29, 0.717) is 0 Å². The van der Waals surface area contributed by atoms with Crippen molar-refractivity contribution in [1.29, 1.82) is 0 Å². The second-order valence-corrected chi connectivity index (χ2v) is 5.15. The Morgan fingerprint density at radius 2 is 2.00 bits per heavy atom. The van der Waals surface area contributed by atoms with Gasteiger partial charge in [-0.25, -0.2) is 0 Å². The predicted molar refractivity (Wildman–Crippen MR) is 73.6 cm³/mol. The lowest BCUT2D eigenvalue weighted by Gasteiger charge is -2.31. The standard InChI is InChI=1S/C14H25N3O/c1-4-15-10-13-9-14(18-12(13)2)11-17-7-5-16(3)6-8-17/h9,15H,4-8,10-11H2,1-3H3. The average Bonchev–Trinajstić information content (AvgIpc) is 2.70. The zero-order chi connectivity index (χ0) is 13.0. The molecule has 4 heteroatoms. The van der Waals surface area contributed by atoms with Gasteiger partial charge >= 0.3 is 0 Å². The molecule has 0 atom stereocenters. The fourth-order valence-electron chi connectivity index (χ4n) is 2.33. The monoisotopic (exact) mass is 251 g/mol. The van der Waals surface area contributed by atoms with Crippen LogP contribution in [0.25, 0.3) is 0 Å². The summed E-state index contributed by atoms with van der Waals surface area (Å²) in [4.78, 5) is 4.84. The van der Waals surface area contributed by atoms with Gasteiger partial charge in [-0.2, -0.15) is 0 Å². The van der Waals surface area contributed by atoms with E-state index in [-0.39, 0.29) is 0 Å². The summed E-state index contributed by atoms with van der Waals surface area (Å²) in [6.07, 6.45) is 0. The van der Waals surface area contributed by atoms with Gasteiger partial charge in [0.15, 0.2) is 0 Å². The summed E-state index contributed by atoms with van der Waals surface area (Å²) in [6, 6.07) is 2.20. The minimum atomic E-state index is 0.911. The molecule has 0 spiro atoms. The van der Waals surface area contributed by atoms with Gasteiger partial charge in [-0.3, -0.25) is 4.90 Å². The van der Waals surface area contributed by atoms with E-state index in [0.717, 1.165) is 57.3 Å². The summed E-state index contributed by atoms with van der Waals surface area (Å²) in [5, 5.41) is 3.35. The van der Waals surface area contributed by atoms with Crippen molar-refractivity contribution in [3.8, 4) is 0 Å². The van der Waals surface area contributed by atoms with Crippen molar-refractivity contribution in [3.63, 3.8) is 0 Å². The Balaban J connectivity index is 1.89. The second-order valence-electron chi connectivity index (χ2n) is 5.15. The third-order valence-corrected chi connectivity index (χ3v) is 3.61. The Morgan fingerprint density at radius 3 is 2.67 bits per heavy atom. The molecule has 0 amide bonds. The number of likely N-dealkylation sites (N-methyl/N-ethyl adjacent to an activating group) is 1. The van der Waals surface area contributed by atoms with Gasteiger partial charge < -0.3 is 14.6 Å². The van der Waals surface area contributed by atoms with Crippen LogP contribution < -0.4 is 5.32 Å². The number of furan rings is 1. The second kappa shape index (κ2) is 6.36. The summed E-state index contributed by atoms with van der Waals surface area (Å²) < 4.78 is 5.85. The van der Waals surface area contributed by atoms with Crippen molar-refractivity contribution >= 4 is 0 Å². The van der Waals surface area contributed by atoms with Crippen LogP contribution >= 0.6 is 0 Å². The molecule has 2 rings (SSSR count). The first-order valence-electron chi connectivity index (χ1n) is 6.89. The number of nitrogens with one attached hydrogen (secondary N) is 1. The Morgan fingerprint density at radius 1 is 1.28 bits per heavy atom. The minimum Gasteiger partial charge on any atom is -0.465 e. The van der Waals surface area contributed by atoms with Gasteiger partial charge in [0.05, 0.1) is 6.54 Å². The van der Waals surface area contributed by atoms with Crippen molar-refractivity contribution in [1.82, 2.24) is 15.1 Å². The Bertz CT molecular complexity index is 367. The number of aryl methyl sites for hydroxylation is 1. The lowest BCUT2D eigenvalue weighted by molar-refractivity contribution is 0.140. The first-order chi connectivity index (χ1) is 8.69. The Labute approximate surface area is 110 Å². The number of piperazine rings is 1. The van der Waals surface area contributed by atoms with Gasteiger partial charge in [0, 0.05) is 38.3 Å². The molecule has 0 unspecified atom stereocenters. The minimum absolute atomic E-state index is 0.911. The highest BCUT2D eigenvalue weighted by Gasteiger charge is 2.16. The molecule has 0 aromatic carbocycles. The molecular weight excluding hydrogens is 226 g/mol. The van der Waals surface area contributed by atoms with Crippen LogP contribution in [-0.4, -0.2) is 49.6 Å². The highest BCUT2D eigenvalue weighted by atomic mass is 16.3. The molecule has 1 aliphatic heterocycles. The molecule has 1 fully saturated rings. The van der Waals surface area contributed by atoms with Gasteiger partial charge in [0.2, 0.25) is 0 Å². The largest absolute Gasteiger partial charge is 0.465 e. The SMILES string of the molecule is CCNCc1cc(CN2CCN(C)CC2)oc1C.